The lowest BCUT2D eigenvalue weighted by Gasteiger charge is -2.18. The fraction of sp³-hybridized carbons (Fsp3) is 0.554. The zero-order valence-electron chi connectivity index (χ0n) is 45.2. The summed E-state index contributed by atoms with van der Waals surface area (Å²) in [5.74, 6) is -1.06. The number of unbranched alkanes of at least 4 members (excludes halogenated alkanes) is 11. The first kappa shape index (κ1) is 66.0. The van der Waals surface area contributed by atoms with Crippen LogP contribution in [-0.4, -0.2) is 37.2 Å². The zero-order valence-corrected chi connectivity index (χ0v) is 45.2. The highest BCUT2D eigenvalue weighted by molar-refractivity contribution is 5.71. The third-order valence-corrected chi connectivity index (χ3v) is 11.0. The summed E-state index contributed by atoms with van der Waals surface area (Å²) in [5.41, 5.74) is 0. The van der Waals surface area contributed by atoms with E-state index in [2.05, 4.69) is 179 Å². The second-order valence-corrected chi connectivity index (χ2v) is 17.7. The fourth-order valence-corrected chi connectivity index (χ4v) is 6.94. The standard InChI is InChI=1S/C65H100O6/c1-4-7-10-13-16-19-22-25-28-31-32-35-37-40-43-46-49-52-55-58-64(67)70-61-62(71-65(68)59-56-53-50-47-44-41-38-34-30-27-24-21-18-15-12-9-6-3)60-69-63(66)57-54-51-48-45-42-39-36-33-29-26-23-20-17-14-11-8-5-2/h7-12,16-21,25-30,36,38-39,41,45,47-48,50,62H,4-6,13-15,22-24,31-35,37,40,42-44,46,49,51-61H2,1-3H3/b10-7-,11-8-,12-9-,19-16-,20-17-,21-18-,28-25-,29-26-,30-27-,39-36-,41-38-,48-45-,50-47-. The van der Waals surface area contributed by atoms with Crippen LogP contribution in [0.5, 0.6) is 0 Å². The maximum Gasteiger partial charge on any atom is 0.306 e. The Bertz CT molecular complexity index is 1640. The van der Waals surface area contributed by atoms with E-state index in [1.807, 2.05) is 0 Å². The highest BCUT2D eigenvalue weighted by Crippen LogP contribution is 2.13. The van der Waals surface area contributed by atoms with E-state index in [1.165, 1.54) is 38.5 Å². The zero-order chi connectivity index (χ0) is 51.4. The minimum atomic E-state index is -0.841. The molecular formula is C65H100O6. The minimum Gasteiger partial charge on any atom is -0.462 e. The lowest BCUT2D eigenvalue weighted by Crippen LogP contribution is -2.30. The lowest BCUT2D eigenvalue weighted by atomic mass is 10.1. The smallest absolute Gasteiger partial charge is 0.306 e. The second-order valence-electron chi connectivity index (χ2n) is 17.7. The summed E-state index contributed by atoms with van der Waals surface area (Å²) in [6.45, 7) is 6.18. The van der Waals surface area contributed by atoms with Gasteiger partial charge >= 0.3 is 17.9 Å². The van der Waals surface area contributed by atoms with Crippen LogP contribution in [0.1, 0.15) is 213 Å². The number of allylic oxidation sites excluding steroid dienone is 26. The molecule has 0 aliphatic rings. The topological polar surface area (TPSA) is 78.9 Å². The van der Waals surface area contributed by atoms with Crippen molar-refractivity contribution >= 4 is 17.9 Å². The average molecular weight is 978 g/mol. The van der Waals surface area contributed by atoms with Gasteiger partial charge in [-0.25, -0.2) is 0 Å². The third kappa shape index (κ3) is 55.8. The molecule has 6 heteroatoms. The van der Waals surface area contributed by atoms with Crippen molar-refractivity contribution in [3.8, 4) is 0 Å². The van der Waals surface area contributed by atoms with Crippen LogP contribution in [0.25, 0.3) is 0 Å². The summed E-state index contributed by atoms with van der Waals surface area (Å²) >= 11 is 0. The summed E-state index contributed by atoms with van der Waals surface area (Å²) in [4.78, 5) is 38.1. The quantitative estimate of drug-likeness (QED) is 0.0262. The molecular weight excluding hydrogens is 877 g/mol. The van der Waals surface area contributed by atoms with Crippen molar-refractivity contribution in [1.29, 1.82) is 0 Å². The number of esters is 3. The third-order valence-electron chi connectivity index (χ3n) is 11.0. The van der Waals surface area contributed by atoms with Crippen LogP contribution in [0, 0.1) is 0 Å². The van der Waals surface area contributed by atoms with Gasteiger partial charge in [-0.15, -0.1) is 0 Å². The van der Waals surface area contributed by atoms with E-state index in [4.69, 9.17) is 14.2 Å². The van der Waals surface area contributed by atoms with Crippen molar-refractivity contribution in [1.82, 2.24) is 0 Å². The molecule has 71 heavy (non-hydrogen) atoms. The van der Waals surface area contributed by atoms with Crippen molar-refractivity contribution in [2.24, 2.45) is 0 Å². The second kappa shape index (κ2) is 57.6. The van der Waals surface area contributed by atoms with Crippen molar-refractivity contribution in [2.45, 2.75) is 219 Å². The normalized spacial score (nSPS) is 13.3. The average Bonchev–Trinajstić information content (AvgIpc) is 3.37. The first-order valence-electron chi connectivity index (χ1n) is 28.0. The molecule has 0 heterocycles. The van der Waals surface area contributed by atoms with Crippen LogP contribution >= 0.6 is 0 Å². The molecule has 0 aromatic carbocycles. The highest BCUT2D eigenvalue weighted by Gasteiger charge is 2.19. The first-order chi connectivity index (χ1) is 35.0. The van der Waals surface area contributed by atoms with Crippen LogP contribution in [0.4, 0.5) is 0 Å². The van der Waals surface area contributed by atoms with E-state index in [0.29, 0.717) is 19.3 Å². The van der Waals surface area contributed by atoms with Gasteiger partial charge in [-0.05, 0) is 128 Å². The first-order valence-corrected chi connectivity index (χ1v) is 28.0. The number of hydrogen-bond donors (Lipinski definition) is 0. The predicted octanol–water partition coefficient (Wildman–Crippen LogP) is 19.0. The fourth-order valence-electron chi connectivity index (χ4n) is 6.94. The van der Waals surface area contributed by atoms with Gasteiger partial charge in [0.1, 0.15) is 13.2 Å². The molecule has 0 fully saturated rings. The van der Waals surface area contributed by atoms with Gasteiger partial charge in [0.05, 0.1) is 0 Å². The van der Waals surface area contributed by atoms with Crippen LogP contribution in [0.15, 0.2) is 158 Å². The monoisotopic (exact) mass is 977 g/mol. The van der Waals surface area contributed by atoms with Crippen LogP contribution in [-0.2, 0) is 28.6 Å². The van der Waals surface area contributed by atoms with Gasteiger partial charge in [0, 0.05) is 19.3 Å². The van der Waals surface area contributed by atoms with Crippen molar-refractivity contribution in [3.05, 3.63) is 158 Å². The molecule has 0 saturated heterocycles. The Balaban J connectivity index is 4.59. The molecule has 0 spiro atoms. The van der Waals surface area contributed by atoms with E-state index in [9.17, 15) is 14.4 Å². The molecule has 0 aromatic rings. The van der Waals surface area contributed by atoms with Gasteiger partial charge in [-0.3, -0.25) is 14.4 Å². The summed E-state index contributed by atoms with van der Waals surface area (Å²) < 4.78 is 16.7. The molecule has 0 bridgehead atoms. The number of hydrogen-bond acceptors (Lipinski definition) is 6. The molecule has 1 atom stereocenters. The Labute approximate surface area is 435 Å². The number of rotatable bonds is 48. The number of ether oxygens (including phenoxy) is 3. The minimum absolute atomic E-state index is 0.129. The van der Waals surface area contributed by atoms with E-state index in [-0.39, 0.29) is 44.0 Å². The highest BCUT2D eigenvalue weighted by atomic mass is 16.6. The van der Waals surface area contributed by atoms with Crippen molar-refractivity contribution < 1.29 is 28.6 Å². The van der Waals surface area contributed by atoms with E-state index in [0.717, 1.165) is 122 Å². The summed E-state index contributed by atoms with van der Waals surface area (Å²) in [6, 6.07) is 0. The van der Waals surface area contributed by atoms with E-state index < -0.39 is 6.10 Å². The molecule has 6 nitrogen and oxygen atoms in total. The van der Waals surface area contributed by atoms with Crippen LogP contribution in [0.2, 0.25) is 0 Å². The molecule has 0 aromatic heterocycles. The van der Waals surface area contributed by atoms with Gasteiger partial charge in [-0.1, -0.05) is 224 Å². The Kier molecular flexibility index (Phi) is 53.6. The van der Waals surface area contributed by atoms with Gasteiger partial charge in [-0.2, -0.15) is 0 Å². The molecule has 396 valence electrons. The summed E-state index contributed by atoms with van der Waals surface area (Å²) in [6.07, 6.45) is 83.8. The Morgan fingerprint density at radius 1 is 0.282 bits per heavy atom. The number of carbonyl (C=O) groups excluding carboxylic acids is 3. The lowest BCUT2D eigenvalue weighted by molar-refractivity contribution is -0.167. The maximum atomic E-state index is 12.8. The molecule has 0 rings (SSSR count). The van der Waals surface area contributed by atoms with Crippen molar-refractivity contribution in [2.75, 3.05) is 13.2 Å². The van der Waals surface area contributed by atoms with Crippen LogP contribution in [0.3, 0.4) is 0 Å². The SMILES string of the molecule is CC/C=C\C/C=C\C/C=C\C/C=C\C/C=C\CCCC(=O)OCC(COC(=O)CCCCCCCCCCC/C=C\C/C=C\C/C=C\CC)OC(=O)CCC/C=C\C/C=C\C/C=C\C/C=C\C/C=C\CC. The van der Waals surface area contributed by atoms with Gasteiger partial charge in [0.2, 0.25) is 0 Å². The van der Waals surface area contributed by atoms with Gasteiger partial charge in [0.15, 0.2) is 6.10 Å². The molecule has 0 aliphatic heterocycles. The molecule has 0 radical (unpaired) electrons. The molecule has 0 saturated carbocycles. The molecule has 0 amide bonds. The summed E-state index contributed by atoms with van der Waals surface area (Å²) in [5, 5.41) is 0. The molecule has 0 aliphatic carbocycles. The predicted molar refractivity (Wildman–Crippen MR) is 306 cm³/mol. The largest absolute Gasteiger partial charge is 0.462 e. The molecule has 0 N–H and O–H groups in total. The maximum absolute atomic E-state index is 12.8. The Hall–Kier alpha value is -4.97. The molecule has 1 unspecified atom stereocenters. The van der Waals surface area contributed by atoms with E-state index >= 15 is 0 Å². The van der Waals surface area contributed by atoms with Gasteiger partial charge in [0.25, 0.3) is 0 Å². The van der Waals surface area contributed by atoms with Gasteiger partial charge < -0.3 is 14.2 Å². The summed E-state index contributed by atoms with van der Waals surface area (Å²) in [7, 11) is 0. The van der Waals surface area contributed by atoms with Crippen LogP contribution < -0.4 is 0 Å². The Morgan fingerprint density at radius 2 is 0.521 bits per heavy atom. The van der Waals surface area contributed by atoms with Crippen molar-refractivity contribution in [3.63, 3.8) is 0 Å². The van der Waals surface area contributed by atoms with E-state index in [1.54, 1.807) is 0 Å². The Morgan fingerprint density at radius 3 is 0.845 bits per heavy atom. The number of carbonyl (C=O) groups is 3.